The highest BCUT2D eigenvalue weighted by molar-refractivity contribution is 8.00. The minimum atomic E-state index is -0.232. The van der Waals surface area contributed by atoms with Crippen LogP contribution in [-0.2, 0) is 9.59 Å². The van der Waals surface area contributed by atoms with Gasteiger partial charge in [-0.05, 0) is 63.1 Å². The first-order chi connectivity index (χ1) is 12.9. The number of anilines is 1. The van der Waals surface area contributed by atoms with Crippen LogP contribution in [0.4, 0.5) is 5.69 Å². The molecule has 0 radical (unpaired) electrons. The van der Waals surface area contributed by atoms with Crippen LogP contribution in [0.3, 0.4) is 0 Å². The van der Waals surface area contributed by atoms with Gasteiger partial charge in [-0.1, -0.05) is 17.7 Å². The van der Waals surface area contributed by atoms with Gasteiger partial charge in [-0.15, -0.1) is 11.8 Å². The van der Waals surface area contributed by atoms with Crippen LogP contribution in [-0.4, -0.2) is 30.7 Å². The Balaban J connectivity index is 1.77. The number of carbonyl (C=O) groups excluding carboxylic acids is 2. The summed E-state index contributed by atoms with van der Waals surface area (Å²) in [5, 5.41) is 5.54. The summed E-state index contributed by atoms with van der Waals surface area (Å²) in [6.07, 6.45) is 0. The van der Waals surface area contributed by atoms with Gasteiger partial charge in [0.1, 0.15) is 5.75 Å². The predicted molar refractivity (Wildman–Crippen MR) is 111 cm³/mol. The van der Waals surface area contributed by atoms with Crippen molar-refractivity contribution < 1.29 is 14.3 Å². The van der Waals surface area contributed by atoms with Crippen molar-refractivity contribution in [1.82, 2.24) is 5.32 Å². The van der Waals surface area contributed by atoms with Gasteiger partial charge in [0, 0.05) is 10.6 Å². The molecule has 2 N–H and O–H groups in total. The van der Waals surface area contributed by atoms with Gasteiger partial charge in [0.2, 0.25) is 11.8 Å². The highest BCUT2D eigenvalue weighted by Gasteiger charge is 2.10. The fourth-order valence-corrected chi connectivity index (χ4v) is 3.47. The number of amides is 2. The van der Waals surface area contributed by atoms with E-state index in [9.17, 15) is 9.59 Å². The smallest absolute Gasteiger partial charge is 0.243 e. The molecule has 0 heterocycles. The fourth-order valence-electron chi connectivity index (χ4n) is 2.74. The van der Waals surface area contributed by atoms with E-state index in [-0.39, 0.29) is 24.1 Å². The third-order valence-corrected chi connectivity index (χ3v) is 4.90. The molecule has 2 rings (SSSR count). The topological polar surface area (TPSA) is 67.4 Å². The number of thioether (sulfide) groups is 1. The van der Waals surface area contributed by atoms with Crippen LogP contribution >= 0.6 is 11.8 Å². The third-order valence-electron chi connectivity index (χ3n) is 3.89. The zero-order valence-corrected chi connectivity index (χ0v) is 17.0. The van der Waals surface area contributed by atoms with Gasteiger partial charge in [-0.3, -0.25) is 9.59 Å². The van der Waals surface area contributed by atoms with Gasteiger partial charge in [0.15, 0.2) is 0 Å². The molecular formula is C21H26N2O3S. The van der Waals surface area contributed by atoms with E-state index in [0.717, 1.165) is 33.0 Å². The second-order valence-electron chi connectivity index (χ2n) is 6.29. The number of nitrogens with one attached hydrogen (secondary N) is 2. The molecule has 0 spiro atoms. The summed E-state index contributed by atoms with van der Waals surface area (Å²) >= 11 is 1.42. The first-order valence-electron chi connectivity index (χ1n) is 8.89. The summed E-state index contributed by atoms with van der Waals surface area (Å²) in [6, 6.07) is 11.6. The highest BCUT2D eigenvalue weighted by Crippen LogP contribution is 2.22. The van der Waals surface area contributed by atoms with Crippen molar-refractivity contribution in [2.75, 3.05) is 24.2 Å². The monoisotopic (exact) mass is 386 g/mol. The maximum absolute atomic E-state index is 12.1. The number of ether oxygens (including phenoxy) is 1. The predicted octanol–water partition coefficient (Wildman–Crippen LogP) is 3.86. The number of benzene rings is 2. The lowest BCUT2D eigenvalue weighted by molar-refractivity contribution is -0.122. The summed E-state index contributed by atoms with van der Waals surface area (Å²) < 4.78 is 5.39. The van der Waals surface area contributed by atoms with Gasteiger partial charge < -0.3 is 15.4 Å². The summed E-state index contributed by atoms with van der Waals surface area (Å²) in [5.74, 6) is 0.652. The molecular weight excluding hydrogens is 360 g/mol. The number of aryl methyl sites for hydroxylation is 3. The molecule has 0 aliphatic rings. The van der Waals surface area contributed by atoms with Crippen molar-refractivity contribution in [2.24, 2.45) is 0 Å². The molecule has 0 saturated heterocycles. The molecule has 0 saturated carbocycles. The zero-order valence-electron chi connectivity index (χ0n) is 16.2. The van der Waals surface area contributed by atoms with Gasteiger partial charge >= 0.3 is 0 Å². The van der Waals surface area contributed by atoms with E-state index in [2.05, 4.69) is 10.6 Å². The minimum absolute atomic E-state index is 0.0462. The third kappa shape index (κ3) is 6.64. The van der Waals surface area contributed by atoms with Crippen LogP contribution in [0.5, 0.6) is 5.75 Å². The summed E-state index contributed by atoms with van der Waals surface area (Å²) in [6.45, 7) is 8.45. The molecule has 0 aliphatic carbocycles. The van der Waals surface area contributed by atoms with E-state index in [0.29, 0.717) is 6.61 Å². The molecule has 6 heteroatoms. The number of carbonyl (C=O) groups is 2. The van der Waals surface area contributed by atoms with Crippen molar-refractivity contribution in [3.63, 3.8) is 0 Å². The zero-order chi connectivity index (χ0) is 19.8. The molecule has 2 aromatic rings. The Morgan fingerprint density at radius 2 is 1.63 bits per heavy atom. The molecule has 2 aromatic carbocycles. The number of hydrogen-bond acceptors (Lipinski definition) is 4. The highest BCUT2D eigenvalue weighted by atomic mass is 32.2. The van der Waals surface area contributed by atoms with Crippen molar-refractivity contribution in [3.8, 4) is 5.75 Å². The Bertz CT molecular complexity index is 781. The Hall–Kier alpha value is -2.47. The van der Waals surface area contributed by atoms with Gasteiger partial charge in [-0.2, -0.15) is 0 Å². The van der Waals surface area contributed by atoms with E-state index in [1.165, 1.54) is 11.8 Å². The van der Waals surface area contributed by atoms with E-state index >= 15 is 0 Å². The van der Waals surface area contributed by atoms with Crippen molar-refractivity contribution in [1.29, 1.82) is 0 Å². The van der Waals surface area contributed by atoms with Crippen LogP contribution in [0.1, 0.15) is 23.6 Å². The average molecular weight is 387 g/mol. The molecule has 27 heavy (non-hydrogen) atoms. The Morgan fingerprint density at radius 3 is 2.22 bits per heavy atom. The molecule has 0 aliphatic heterocycles. The van der Waals surface area contributed by atoms with E-state index in [1.54, 1.807) is 0 Å². The van der Waals surface area contributed by atoms with Crippen LogP contribution in [0.15, 0.2) is 41.3 Å². The van der Waals surface area contributed by atoms with Crippen LogP contribution < -0.4 is 15.4 Å². The molecule has 144 valence electrons. The normalized spacial score (nSPS) is 10.4. The Labute approximate surface area is 164 Å². The first-order valence-corrected chi connectivity index (χ1v) is 9.87. The molecule has 0 unspecified atom stereocenters. The quantitative estimate of drug-likeness (QED) is 0.676. The second-order valence-corrected chi connectivity index (χ2v) is 7.34. The van der Waals surface area contributed by atoms with Gasteiger partial charge in [0.05, 0.1) is 18.9 Å². The van der Waals surface area contributed by atoms with Crippen molar-refractivity contribution in [2.45, 2.75) is 32.6 Å². The fraction of sp³-hybridized carbons (Fsp3) is 0.333. The van der Waals surface area contributed by atoms with Gasteiger partial charge in [0.25, 0.3) is 0 Å². The van der Waals surface area contributed by atoms with Crippen LogP contribution in [0.25, 0.3) is 0 Å². The minimum Gasteiger partial charge on any atom is -0.494 e. The van der Waals surface area contributed by atoms with E-state index in [4.69, 9.17) is 4.74 Å². The molecule has 2 amide bonds. The lowest BCUT2D eigenvalue weighted by Gasteiger charge is -2.13. The molecule has 0 fully saturated rings. The van der Waals surface area contributed by atoms with Crippen LogP contribution in [0, 0.1) is 20.8 Å². The maximum Gasteiger partial charge on any atom is 0.243 e. The van der Waals surface area contributed by atoms with Gasteiger partial charge in [-0.25, -0.2) is 0 Å². The molecule has 0 aromatic heterocycles. The first kappa shape index (κ1) is 20.8. The number of hydrogen-bond donors (Lipinski definition) is 2. The summed E-state index contributed by atoms with van der Waals surface area (Å²) in [7, 11) is 0. The standard InChI is InChI=1S/C21H26N2O3S/c1-5-26-17-6-8-18(9-7-17)27-13-20(25)22-12-19(24)23-21-15(3)10-14(2)11-16(21)4/h6-11H,5,12-13H2,1-4H3,(H,22,25)(H,23,24). The van der Waals surface area contributed by atoms with Crippen molar-refractivity contribution in [3.05, 3.63) is 53.1 Å². The molecule has 0 bridgehead atoms. The van der Waals surface area contributed by atoms with E-state index in [1.807, 2.05) is 64.1 Å². The Morgan fingerprint density at radius 1 is 1.00 bits per heavy atom. The average Bonchev–Trinajstić information content (AvgIpc) is 2.62. The maximum atomic E-state index is 12.1. The second kappa shape index (κ2) is 10.0. The lowest BCUT2D eigenvalue weighted by Crippen LogP contribution is -2.34. The van der Waals surface area contributed by atoms with Crippen molar-refractivity contribution >= 4 is 29.3 Å². The Kier molecular flexibility index (Phi) is 7.73. The molecule has 5 nitrogen and oxygen atoms in total. The summed E-state index contributed by atoms with van der Waals surface area (Å²) in [5.41, 5.74) is 3.99. The number of rotatable bonds is 8. The molecule has 0 atom stereocenters. The SMILES string of the molecule is CCOc1ccc(SCC(=O)NCC(=O)Nc2c(C)cc(C)cc2C)cc1. The van der Waals surface area contributed by atoms with E-state index < -0.39 is 0 Å². The largest absolute Gasteiger partial charge is 0.494 e. The summed E-state index contributed by atoms with van der Waals surface area (Å²) in [4.78, 5) is 25.1. The lowest BCUT2D eigenvalue weighted by atomic mass is 10.1. The van der Waals surface area contributed by atoms with Crippen LogP contribution in [0.2, 0.25) is 0 Å².